The van der Waals surface area contributed by atoms with Gasteiger partial charge in [-0.1, -0.05) is 60.7 Å². The quantitative estimate of drug-likeness (QED) is 0.825. The number of amides is 1. The Morgan fingerprint density at radius 2 is 1.58 bits per heavy atom. The summed E-state index contributed by atoms with van der Waals surface area (Å²) in [6, 6.07) is 21.4. The van der Waals surface area contributed by atoms with Gasteiger partial charge in [-0.15, -0.1) is 0 Å². The van der Waals surface area contributed by atoms with Gasteiger partial charge in [0.1, 0.15) is 0 Å². The molecular formula is C23H28N2O. The van der Waals surface area contributed by atoms with Crippen molar-refractivity contribution in [3.8, 4) is 0 Å². The van der Waals surface area contributed by atoms with Crippen LogP contribution in [0.15, 0.2) is 60.7 Å². The Kier molecular flexibility index (Phi) is 5.35. The van der Waals surface area contributed by atoms with E-state index in [1.807, 2.05) is 12.1 Å². The second kappa shape index (κ2) is 8.05. The molecule has 1 heterocycles. The highest BCUT2D eigenvalue weighted by atomic mass is 16.2. The second-order valence-corrected chi connectivity index (χ2v) is 7.71. The minimum absolute atomic E-state index is 0.132. The molecule has 0 aromatic heterocycles. The molecule has 1 amide bonds. The number of carbonyl (C=O) groups is 1. The lowest BCUT2D eigenvalue weighted by molar-refractivity contribution is -0.132. The number of nitrogens with one attached hydrogen (secondary N) is 1. The molecule has 1 atom stereocenters. The molecule has 2 aliphatic rings. The maximum absolute atomic E-state index is 13.3. The van der Waals surface area contributed by atoms with E-state index in [9.17, 15) is 4.79 Å². The van der Waals surface area contributed by atoms with E-state index in [0.29, 0.717) is 24.3 Å². The molecule has 2 fully saturated rings. The van der Waals surface area contributed by atoms with Crippen molar-refractivity contribution in [1.82, 2.24) is 10.2 Å². The number of hydrogen-bond donors (Lipinski definition) is 1. The molecule has 0 spiro atoms. The average molecular weight is 348 g/mol. The third-order valence-corrected chi connectivity index (χ3v) is 5.71. The number of hydrogen-bond acceptors (Lipinski definition) is 2. The fourth-order valence-corrected chi connectivity index (χ4v) is 4.08. The van der Waals surface area contributed by atoms with Crippen molar-refractivity contribution in [2.45, 2.75) is 37.6 Å². The van der Waals surface area contributed by atoms with Gasteiger partial charge < -0.3 is 10.2 Å². The first-order chi connectivity index (χ1) is 12.8. The summed E-state index contributed by atoms with van der Waals surface area (Å²) in [5, 5.41) is 3.43. The SMILES string of the molecule is O=C(CC(c1ccccc1)c1ccccc1)N(CC1CCNC1)C1CC1. The van der Waals surface area contributed by atoms with Gasteiger partial charge in [-0.2, -0.15) is 0 Å². The van der Waals surface area contributed by atoms with Gasteiger partial charge in [0, 0.05) is 24.9 Å². The van der Waals surface area contributed by atoms with Crippen molar-refractivity contribution in [2.24, 2.45) is 5.92 Å². The zero-order valence-corrected chi connectivity index (χ0v) is 15.3. The van der Waals surface area contributed by atoms with Gasteiger partial charge in [0.25, 0.3) is 0 Å². The highest BCUT2D eigenvalue weighted by Crippen LogP contribution is 2.33. The van der Waals surface area contributed by atoms with Gasteiger partial charge in [-0.25, -0.2) is 0 Å². The van der Waals surface area contributed by atoms with E-state index < -0.39 is 0 Å². The van der Waals surface area contributed by atoms with Crippen LogP contribution in [-0.2, 0) is 4.79 Å². The van der Waals surface area contributed by atoms with Crippen LogP contribution >= 0.6 is 0 Å². The maximum atomic E-state index is 13.3. The highest BCUT2D eigenvalue weighted by molar-refractivity contribution is 5.78. The van der Waals surface area contributed by atoms with Crippen LogP contribution in [0.25, 0.3) is 0 Å². The number of benzene rings is 2. The van der Waals surface area contributed by atoms with Crippen molar-refractivity contribution >= 4 is 5.91 Å². The molecule has 3 heteroatoms. The van der Waals surface area contributed by atoms with Crippen LogP contribution in [-0.4, -0.2) is 36.5 Å². The first-order valence-electron chi connectivity index (χ1n) is 9.91. The molecule has 0 radical (unpaired) electrons. The zero-order chi connectivity index (χ0) is 17.8. The predicted octanol–water partition coefficient (Wildman–Crippen LogP) is 3.81. The smallest absolute Gasteiger partial charge is 0.223 e. The minimum Gasteiger partial charge on any atom is -0.339 e. The molecular weight excluding hydrogens is 320 g/mol. The fourth-order valence-electron chi connectivity index (χ4n) is 4.08. The summed E-state index contributed by atoms with van der Waals surface area (Å²) in [4.78, 5) is 15.5. The van der Waals surface area contributed by atoms with E-state index in [1.54, 1.807) is 0 Å². The molecule has 1 N–H and O–H groups in total. The molecule has 1 aliphatic heterocycles. The summed E-state index contributed by atoms with van der Waals surface area (Å²) in [7, 11) is 0. The lowest BCUT2D eigenvalue weighted by Crippen LogP contribution is -2.38. The molecule has 3 nitrogen and oxygen atoms in total. The molecule has 1 saturated carbocycles. The van der Waals surface area contributed by atoms with Crippen LogP contribution in [0.4, 0.5) is 0 Å². The van der Waals surface area contributed by atoms with Crippen LogP contribution in [0.1, 0.15) is 42.7 Å². The third-order valence-electron chi connectivity index (χ3n) is 5.71. The Bertz CT molecular complexity index is 666. The normalized spacial score (nSPS) is 19.7. The van der Waals surface area contributed by atoms with E-state index >= 15 is 0 Å². The molecule has 4 rings (SSSR count). The second-order valence-electron chi connectivity index (χ2n) is 7.71. The number of rotatable bonds is 7. The summed E-state index contributed by atoms with van der Waals surface area (Å²) >= 11 is 0. The predicted molar refractivity (Wildman–Crippen MR) is 105 cm³/mol. The van der Waals surface area contributed by atoms with Gasteiger partial charge in [-0.3, -0.25) is 4.79 Å². The Morgan fingerprint density at radius 1 is 0.962 bits per heavy atom. The summed E-state index contributed by atoms with van der Waals surface area (Å²) < 4.78 is 0. The molecule has 2 aromatic rings. The first kappa shape index (κ1) is 17.3. The average Bonchev–Trinajstić information content (AvgIpc) is 3.40. The summed E-state index contributed by atoms with van der Waals surface area (Å²) in [5.41, 5.74) is 2.45. The molecule has 1 aliphatic carbocycles. The van der Waals surface area contributed by atoms with Crippen molar-refractivity contribution < 1.29 is 4.79 Å². The number of nitrogens with zero attached hydrogens (tertiary/aromatic N) is 1. The molecule has 0 bridgehead atoms. The molecule has 1 unspecified atom stereocenters. The fraction of sp³-hybridized carbons (Fsp3) is 0.435. The Balaban J connectivity index is 1.53. The van der Waals surface area contributed by atoms with Crippen molar-refractivity contribution in [3.05, 3.63) is 71.8 Å². The lowest BCUT2D eigenvalue weighted by Gasteiger charge is -2.28. The van der Waals surface area contributed by atoms with Gasteiger partial charge in [0.05, 0.1) is 0 Å². The van der Waals surface area contributed by atoms with E-state index in [4.69, 9.17) is 0 Å². The van der Waals surface area contributed by atoms with Crippen LogP contribution in [0, 0.1) is 5.92 Å². The zero-order valence-electron chi connectivity index (χ0n) is 15.3. The largest absolute Gasteiger partial charge is 0.339 e. The third kappa shape index (κ3) is 4.16. The van der Waals surface area contributed by atoms with E-state index in [0.717, 1.165) is 19.6 Å². The highest BCUT2D eigenvalue weighted by Gasteiger charge is 2.35. The lowest BCUT2D eigenvalue weighted by atomic mass is 9.88. The van der Waals surface area contributed by atoms with Crippen LogP contribution < -0.4 is 5.32 Å². The van der Waals surface area contributed by atoms with Gasteiger partial charge in [0.15, 0.2) is 0 Å². The topological polar surface area (TPSA) is 32.3 Å². The molecule has 2 aromatic carbocycles. The molecule has 1 saturated heterocycles. The van der Waals surface area contributed by atoms with Crippen LogP contribution in [0.2, 0.25) is 0 Å². The van der Waals surface area contributed by atoms with E-state index in [2.05, 4.69) is 58.7 Å². The van der Waals surface area contributed by atoms with Crippen molar-refractivity contribution in [3.63, 3.8) is 0 Å². The monoisotopic (exact) mass is 348 g/mol. The van der Waals surface area contributed by atoms with Crippen LogP contribution in [0.3, 0.4) is 0 Å². The van der Waals surface area contributed by atoms with Gasteiger partial charge >= 0.3 is 0 Å². The first-order valence-corrected chi connectivity index (χ1v) is 9.91. The van der Waals surface area contributed by atoms with Gasteiger partial charge in [-0.05, 0) is 49.4 Å². The minimum atomic E-state index is 0.132. The maximum Gasteiger partial charge on any atom is 0.223 e. The number of carbonyl (C=O) groups excluding carboxylic acids is 1. The molecule has 26 heavy (non-hydrogen) atoms. The van der Waals surface area contributed by atoms with Crippen LogP contribution in [0.5, 0.6) is 0 Å². The Morgan fingerprint density at radius 3 is 2.08 bits per heavy atom. The van der Waals surface area contributed by atoms with E-state index in [-0.39, 0.29) is 5.92 Å². The van der Waals surface area contributed by atoms with Crippen molar-refractivity contribution in [2.75, 3.05) is 19.6 Å². The van der Waals surface area contributed by atoms with E-state index in [1.165, 1.54) is 30.4 Å². The summed E-state index contributed by atoms with van der Waals surface area (Å²) in [5.74, 6) is 1.07. The summed E-state index contributed by atoms with van der Waals surface area (Å²) in [6.07, 6.45) is 4.10. The standard InChI is InChI=1S/C23H28N2O/c26-23(25(21-11-12-21)17-18-13-14-24-16-18)15-22(19-7-3-1-4-8-19)20-9-5-2-6-10-20/h1-10,18,21-22,24H,11-17H2. The Labute approximate surface area is 156 Å². The Hall–Kier alpha value is -2.13. The summed E-state index contributed by atoms with van der Waals surface area (Å²) in [6.45, 7) is 3.07. The molecule has 136 valence electrons. The van der Waals surface area contributed by atoms with Crippen molar-refractivity contribution in [1.29, 1.82) is 0 Å². The van der Waals surface area contributed by atoms with Gasteiger partial charge in [0.2, 0.25) is 5.91 Å².